The molecule has 0 aliphatic rings. The van der Waals surface area contributed by atoms with Crippen molar-refractivity contribution >= 4 is 21.9 Å². The van der Waals surface area contributed by atoms with E-state index in [4.69, 9.17) is 4.42 Å². The summed E-state index contributed by atoms with van der Waals surface area (Å²) in [6, 6.07) is 25.4. The van der Waals surface area contributed by atoms with Crippen LogP contribution in [0.1, 0.15) is 37.5 Å². The molecule has 0 fully saturated rings. The molecule has 0 radical (unpaired) electrons. The number of nitriles is 1. The lowest BCUT2D eigenvalue weighted by Crippen LogP contribution is -2.30. The highest BCUT2D eigenvalue weighted by molar-refractivity contribution is 6.14. The van der Waals surface area contributed by atoms with Crippen LogP contribution in [0.25, 0.3) is 44.3 Å². The van der Waals surface area contributed by atoms with Crippen LogP contribution in [0.3, 0.4) is 0 Å². The molecular weight excluding hydrogens is 416 g/mol. The van der Waals surface area contributed by atoms with Gasteiger partial charge in [0.1, 0.15) is 18.2 Å². The van der Waals surface area contributed by atoms with Gasteiger partial charge in [-0.2, -0.15) is 5.26 Å². The molecule has 0 amide bonds. The highest BCUT2D eigenvalue weighted by Crippen LogP contribution is 2.42. The zero-order chi connectivity index (χ0) is 24.0. The average molecular weight is 446 g/mol. The number of nitrogens with zero attached hydrogens (tertiary/aromatic N) is 2. The second-order valence-corrected chi connectivity index (χ2v) is 10.3. The summed E-state index contributed by atoms with van der Waals surface area (Å²) in [4.78, 5) is 0. The van der Waals surface area contributed by atoms with E-state index in [1.54, 1.807) is 0 Å². The largest absolute Gasteiger partial charge is 0.454 e. The molecule has 5 aromatic rings. The molecule has 0 aliphatic heterocycles. The number of furan rings is 1. The van der Waals surface area contributed by atoms with Crippen molar-refractivity contribution in [3.63, 3.8) is 0 Å². The van der Waals surface area contributed by atoms with Gasteiger partial charge in [0.25, 0.3) is 0 Å². The number of fused-ring (bicyclic) bond motifs is 3. The Bertz CT molecular complexity index is 1590. The first-order valence-corrected chi connectivity index (χ1v) is 11.7. The van der Waals surface area contributed by atoms with Gasteiger partial charge in [-0.05, 0) is 53.6 Å². The number of benzene rings is 3. The van der Waals surface area contributed by atoms with Gasteiger partial charge in [-0.1, -0.05) is 57.2 Å². The molecule has 0 bridgehead atoms. The molecule has 168 valence electrons. The van der Waals surface area contributed by atoms with E-state index in [0.717, 1.165) is 56.3 Å². The minimum Gasteiger partial charge on any atom is -0.454 e. The molecule has 3 heteroatoms. The molecule has 2 aromatic heterocycles. The van der Waals surface area contributed by atoms with Crippen LogP contribution in [0.4, 0.5) is 0 Å². The Balaban J connectivity index is 1.83. The first-order chi connectivity index (χ1) is 16.3. The topological polar surface area (TPSA) is 40.8 Å². The van der Waals surface area contributed by atoms with E-state index in [-0.39, 0.29) is 5.41 Å². The van der Waals surface area contributed by atoms with Crippen molar-refractivity contribution in [3.8, 4) is 28.5 Å². The maximum atomic E-state index is 9.99. The summed E-state index contributed by atoms with van der Waals surface area (Å²) in [5.41, 5.74) is 8.92. The number of aromatic nitrogens is 1. The van der Waals surface area contributed by atoms with Crippen molar-refractivity contribution in [2.45, 2.75) is 34.1 Å². The highest BCUT2D eigenvalue weighted by atomic mass is 16.3. The van der Waals surface area contributed by atoms with E-state index in [1.165, 1.54) is 5.56 Å². The van der Waals surface area contributed by atoms with Crippen LogP contribution < -0.4 is 4.57 Å². The van der Waals surface area contributed by atoms with E-state index < -0.39 is 0 Å². The van der Waals surface area contributed by atoms with Gasteiger partial charge in [0.15, 0.2) is 6.20 Å². The molecule has 0 saturated heterocycles. The first-order valence-electron chi connectivity index (χ1n) is 11.7. The molecule has 0 N–H and O–H groups in total. The molecule has 2 heterocycles. The smallest absolute Gasteiger partial charge is 0.216 e. The summed E-state index contributed by atoms with van der Waals surface area (Å²) in [6.45, 7) is 8.85. The Morgan fingerprint density at radius 1 is 0.882 bits per heavy atom. The molecule has 0 aliphatic carbocycles. The molecular formula is C31H29N2O+. The number of aryl methyl sites for hydroxylation is 2. The summed E-state index contributed by atoms with van der Waals surface area (Å²) >= 11 is 0. The number of hydrogen-bond acceptors (Lipinski definition) is 2. The Hall–Kier alpha value is -3.90. The third-order valence-corrected chi connectivity index (χ3v) is 6.40. The van der Waals surface area contributed by atoms with Gasteiger partial charge in [0, 0.05) is 28.5 Å². The lowest BCUT2D eigenvalue weighted by atomic mass is 9.86. The van der Waals surface area contributed by atoms with Crippen LogP contribution in [-0.4, -0.2) is 0 Å². The van der Waals surface area contributed by atoms with Crippen LogP contribution in [-0.2, 0) is 13.5 Å². The molecule has 0 saturated carbocycles. The van der Waals surface area contributed by atoms with Crippen LogP contribution in [0.2, 0.25) is 0 Å². The van der Waals surface area contributed by atoms with Crippen molar-refractivity contribution in [2.75, 3.05) is 0 Å². The summed E-state index contributed by atoms with van der Waals surface area (Å²) in [6.07, 6.45) is 3.02. The minimum absolute atomic E-state index is 0.180. The van der Waals surface area contributed by atoms with Crippen LogP contribution in [0.15, 0.2) is 77.3 Å². The lowest BCUT2D eigenvalue weighted by Gasteiger charge is -2.18. The predicted molar refractivity (Wildman–Crippen MR) is 138 cm³/mol. The van der Waals surface area contributed by atoms with Crippen LogP contribution in [0.5, 0.6) is 0 Å². The van der Waals surface area contributed by atoms with Crippen molar-refractivity contribution in [2.24, 2.45) is 12.5 Å². The van der Waals surface area contributed by atoms with E-state index in [2.05, 4.69) is 100 Å². The summed E-state index contributed by atoms with van der Waals surface area (Å²) < 4.78 is 8.80. The first kappa shape index (κ1) is 21.9. The second-order valence-electron chi connectivity index (χ2n) is 10.3. The van der Waals surface area contributed by atoms with E-state index in [1.807, 2.05) is 18.2 Å². The van der Waals surface area contributed by atoms with Crippen molar-refractivity contribution in [1.29, 1.82) is 5.26 Å². The van der Waals surface area contributed by atoms with Gasteiger partial charge in [-0.15, -0.1) is 0 Å². The van der Waals surface area contributed by atoms with Gasteiger partial charge in [-0.3, -0.25) is 0 Å². The molecule has 0 unspecified atom stereocenters. The Labute approximate surface area is 200 Å². The van der Waals surface area contributed by atoms with Gasteiger partial charge in [-0.25, -0.2) is 4.57 Å². The summed E-state index contributed by atoms with van der Waals surface area (Å²) in [7, 11) is 2.05. The fourth-order valence-corrected chi connectivity index (χ4v) is 4.93. The van der Waals surface area contributed by atoms with Gasteiger partial charge in [0.2, 0.25) is 5.69 Å². The van der Waals surface area contributed by atoms with Crippen molar-refractivity contribution in [3.05, 3.63) is 89.6 Å². The third kappa shape index (κ3) is 3.76. The predicted octanol–water partition coefficient (Wildman–Crippen LogP) is 7.51. The number of hydrogen-bond donors (Lipinski definition) is 0. The molecule has 3 nitrogen and oxygen atoms in total. The monoisotopic (exact) mass is 445 g/mol. The zero-order valence-electron chi connectivity index (χ0n) is 20.4. The normalized spacial score (nSPS) is 11.8. The average Bonchev–Trinajstić information content (AvgIpc) is 3.16. The Morgan fingerprint density at radius 3 is 2.32 bits per heavy atom. The molecule has 0 atom stereocenters. The molecule has 5 rings (SSSR count). The standard InChI is InChI=1S/C31H29N2O/c1-20-12-14-24-25-15-13-23(19-32)28(22-10-8-9-21(17-22)18-31(2,3)4)30(25)34-29(24)27(20)26-11-6-7-16-33(26)5/h6-17H,18H2,1-5H3/q+1. The fraction of sp³-hybridized carbons (Fsp3) is 0.226. The van der Waals surface area contributed by atoms with E-state index >= 15 is 0 Å². The molecule has 3 aromatic carbocycles. The fourth-order valence-electron chi connectivity index (χ4n) is 4.93. The van der Waals surface area contributed by atoms with Gasteiger partial charge >= 0.3 is 0 Å². The molecule has 0 spiro atoms. The van der Waals surface area contributed by atoms with Crippen LogP contribution >= 0.6 is 0 Å². The van der Waals surface area contributed by atoms with Crippen molar-refractivity contribution < 1.29 is 8.98 Å². The SMILES string of the molecule is Cc1ccc2c(oc3c(-c4cccc(CC(C)(C)C)c4)c(C#N)ccc32)c1-c1cccc[n+]1C. The maximum Gasteiger partial charge on any atom is 0.216 e. The third-order valence-electron chi connectivity index (χ3n) is 6.40. The maximum absolute atomic E-state index is 9.99. The summed E-state index contributed by atoms with van der Waals surface area (Å²) in [5, 5.41) is 12.1. The van der Waals surface area contributed by atoms with Gasteiger partial charge < -0.3 is 4.42 Å². The van der Waals surface area contributed by atoms with Crippen LogP contribution in [0, 0.1) is 23.7 Å². The Morgan fingerprint density at radius 2 is 1.62 bits per heavy atom. The molecule has 34 heavy (non-hydrogen) atoms. The Kier molecular flexibility index (Phi) is 5.25. The van der Waals surface area contributed by atoms with E-state index in [9.17, 15) is 5.26 Å². The van der Waals surface area contributed by atoms with Gasteiger partial charge in [0.05, 0.1) is 17.2 Å². The number of pyridine rings is 1. The second kappa shape index (κ2) is 8.15. The highest BCUT2D eigenvalue weighted by Gasteiger charge is 2.23. The minimum atomic E-state index is 0.180. The zero-order valence-corrected chi connectivity index (χ0v) is 20.4. The lowest BCUT2D eigenvalue weighted by molar-refractivity contribution is -0.660. The quantitative estimate of drug-likeness (QED) is 0.270. The number of rotatable bonds is 3. The van der Waals surface area contributed by atoms with Crippen molar-refractivity contribution in [1.82, 2.24) is 0 Å². The van der Waals surface area contributed by atoms with E-state index in [0.29, 0.717) is 5.56 Å². The summed E-state index contributed by atoms with van der Waals surface area (Å²) in [5.74, 6) is 0.